The standard InChI is InChI=1S/C24H29F2N3O4S/c1-24(2,3)33-23(30)27-14-11-17(12-15-27)13-16-28-19-8-4-5-9-20(19)29(34(28,31)32)21-10-6-7-18(25)22(21)26/h4-10,17H,11-16H2,1-3H3. The van der Waals surface area contributed by atoms with Crippen LogP contribution in [0.2, 0.25) is 0 Å². The summed E-state index contributed by atoms with van der Waals surface area (Å²) in [6.45, 7) is 6.76. The normalized spacial score (nSPS) is 18.2. The van der Waals surface area contributed by atoms with Crippen molar-refractivity contribution in [1.29, 1.82) is 0 Å². The molecule has 0 aromatic heterocycles. The third-order valence-electron chi connectivity index (χ3n) is 6.04. The predicted molar refractivity (Wildman–Crippen MR) is 126 cm³/mol. The van der Waals surface area contributed by atoms with Crippen molar-refractivity contribution in [2.24, 2.45) is 5.92 Å². The molecule has 2 aromatic rings. The van der Waals surface area contributed by atoms with Crippen LogP contribution in [0.4, 0.5) is 30.6 Å². The van der Waals surface area contributed by atoms with Gasteiger partial charge in [-0.1, -0.05) is 18.2 Å². The number of ether oxygens (including phenoxy) is 1. The van der Waals surface area contributed by atoms with Gasteiger partial charge in [0, 0.05) is 19.6 Å². The largest absolute Gasteiger partial charge is 0.444 e. The molecule has 2 aliphatic heterocycles. The smallest absolute Gasteiger partial charge is 0.410 e. The lowest BCUT2D eigenvalue weighted by atomic mass is 9.93. The van der Waals surface area contributed by atoms with E-state index in [9.17, 15) is 22.0 Å². The summed E-state index contributed by atoms with van der Waals surface area (Å²) in [5, 5.41) is 0. The first-order valence-corrected chi connectivity index (χ1v) is 12.7. The Bertz CT molecular complexity index is 1170. The predicted octanol–water partition coefficient (Wildman–Crippen LogP) is 5.20. The summed E-state index contributed by atoms with van der Waals surface area (Å²) in [5.41, 5.74) is -0.192. The number of fused-ring (bicyclic) bond motifs is 1. The van der Waals surface area contributed by atoms with Crippen molar-refractivity contribution in [3.05, 3.63) is 54.1 Å². The maximum Gasteiger partial charge on any atom is 0.410 e. The molecule has 7 nitrogen and oxygen atoms in total. The summed E-state index contributed by atoms with van der Waals surface area (Å²) in [5.74, 6) is -2.10. The van der Waals surface area contributed by atoms with Crippen LogP contribution in [0.3, 0.4) is 0 Å². The minimum Gasteiger partial charge on any atom is -0.444 e. The molecule has 34 heavy (non-hydrogen) atoms. The summed E-state index contributed by atoms with van der Waals surface area (Å²) in [7, 11) is -4.15. The van der Waals surface area contributed by atoms with Crippen molar-refractivity contribution in [3.8, 4) is 0 Å². The van der Waals surface area contributed by atoms with Gasteiger partial charge in [-0.05, 0) is 70.2 Å². The molecule has 0 unspecified atom stereocenters. The Morgan fingerprint density at radius 3 is 2.26 bits per heavy atom. The second-order valence-electron chi connectivity index (χ2n) is 9.61. The Hall–Kier alpha value is -2.88. The first-order valence-electron chi connectivity index (χ1n) is 11.3. The molecule has 0 aliphatic carbocycles. The number of nitrogens with zero attached hydrogens (tertiary/aromatic N) is 3. The highest BCUT2D eigenvalue weighted by Crippen LogP contribution is 2.46. The van der Waals surface area contributed by atoms with E-state index in [1.165, 1.54) is 16.4 Å². The topological polar surface area (TPSA) is 70.2 Å². The average molecular weight is 494 g/mol. The minimum atomic E-state index is -4.15. The number of halogens is 2. The minimum absolute atomic E-state index is 0.198. The maximum absolute atomic E-state index is 14.6. The number of hydrogen-bond acceptors (Lipinski definition) is 4. The van der Waals surface area contributed by atoms with Crippen LogP contribution in [-0.4, -0.2) is 44.6 Å². The van der Waals surface area contributed by atoms with E-state index in [1.807, 2.05) is 20.8 Å². The van der Waals surface area contributed by atoms with E-state index in [2.05, 4.69) is 0 Å². The second-order valence-corrected chi connectivity index (χ2v) is 11.3. The zero-order valence-electron chi connectivity index (χ0n) is 19.5. The third-order valence-corrected chi connectivity index (χ3v) is 7.83. The number of amides is 1. The molecule has 1 fully saturated rings. The zero-order valence-corrected chi connectivity index (χ0v) is 20.3. The number of piperidine rings is 1. The lowest BCUT2D eigenvalue weighted by Crippen LogP contribution is -2.42. The molecule has 0 atom stereocenters. The van der Waals surface area contributed by atoms with E-state index < -0.39 is 27.4 Å². The fourth-order valence-electron chi connectivity index (χ4n) is 4.36. The number of carbonyl (C=O) groups is 1. The van der Waals surface area contributed by atoms with Gasteiger partial charge >= 0.3 is 16.3 Å². The molecular weight excluding hydrogens is 464 g/mol. The molecule has 0 spiro atoms. The van der Waals surface area contributed by atoms with Gasteiger partial charge in [0.05, 0.1) is 17.1 Å². The van der Waals surface area contributed by atoms with Crippen molar-refractivity contribution in [1.82, 2.24) is 4.90 Å². The summed E-state index contributed by atoms with van der Waals surface area (Å²) in [6.07, 6.45) is 1.71. The number of hydrogen-bond donors (Lipinski definition) is 0. The molecule has 0 saturated carbocycles. The Labute approximate surface area is 199 Å². The molecule has 2 aliphatic rings. The van der Waals surface area contributed by atoms with Crippen molar-refractivity contribution in [3.63, 3.8) is 0 Å². The number of carbonyl (C=O) groups excluding carboxylic acids is 1. The molecule has 2 heterocycles. The zero-order chi connectivity index (χ0) is 24.7. The van der Waals surface area contributed by atoms with Crippen LogP contribution >= 0.6 is 0 Å². The Morgan fingerprint density at radius 1 is 1.00 bits per heavy atom. The highest BCUT2D eigenvalue weighted by molar-refractivity contribution is 7.95. The van der Waals surface area contributed by atoms with Crippen LogP contribution in [0.15, 0.2) is 42.5 Å². The summed E-state index contributed by atoms with van der Waals surface area (Å²) in [4.78, 5) is 14.0. The van der Waals surface area contributed by atoms with Gasteiger partial charge < -0.3 is 9.64 Å². The number of para-hydroxylation sites is 2. The van der Waals surface area contributed by atoms with Crippen LogP contribution in [0, 0.1) is 17.6 Å². The lowest BCUT2D eigenvalue weighted by Gasteiger charge is -2.34. The van der Waals surface area contributed by atoms with E-state index in [-0.39, 0.29) is 29.9 Å². The highest BCUT2D eigenvalue weighted by atomic mass is 32.2. The molecule has 10 heteroatoms. The SMILES string of the molecule is CC(C)(C)OC(=O)N1CCC(CCN2c3ccccc3N(c3cccc(F)c3F)S2(=O)=O)CC1. The maximum atomic E-state index is 14.6. The molecular formula is C24H29F2N3O4S. The quantitative estimate of drug-likeness (QED) is 0.587. The van der Waals surface area contributed by atoms with Crippen molar-refractivity contribution in [2.75, 3.05) is 28.2 Å². The highest BCUT2D eigenvalue weighted by Gasteiger charge is 2.42. The lowest BCUT2D eigenvalue weighted by molar-refractivity contribution is 0.0182. The van der Waals surface area contributed by atoms with Gasteiger partial charge in [-0.15, -0.1) is 0 Å². The van der Waals surface area contributed by atoms with E-state index in [0.717, 1.165) is 23.2 Å². The average Bonchev–Trinajstić information content (AvgIpc) is 2.99. The Kier molecular flexibility index (Phi) is 6.46. The molecule has 0 radical (unpaired) electrons. The van der Waals surface area contributed by atoms with Gasteiger partial charge in [0.25, 0.3) is 0 Å². The Balaban J connectivity index is 1.47. The molecule has 1 amide bonds. The van der Waals surface area contributed by atoms with Gasteiger partial charge in [0.15, 0.2) is 11.6 Å². The van der Waals surface area contributed by atoms with Gasteiger partial charge in [-0.25, -0.2) is 17.9 Å². The van der Waals surface area contributed by atoms with Crippen molar-refractivity contribution >= 4 is 33.4 Å². The van der Waals surface area contributed by atoms with Crippen LogP contribution in [0.25, 0.3) is 0 Å². The van der Waals surface area contributed by atoms with Crippen molar-refractivity contribution < 1.29 is 26.7 Å². The molecule has 0 bridgehead atoms. The molecule has 4 rings (SSSR count). The van der Waals surface area contributed by atoms with Gasteiger partial charge in [0.1, 0.15) is 5.60 Å². The summed E-state index contributed by atoms with van der Waals surface area (Å²) < 4.78 is 62.9. The number of likely N-dealkylation sites (tertiary alicyclic amines) is 1. The number of rotatable bonds is 4. The molecule has 184 valence electrons. The van der Waals surface area contributed by atoms with Crippen LogP contribution in [0.5, 0.6) is 0 Å². The van der Waals surface area contributed by atoms with E-state index >= 15 is 0 Å². The van der Waals surface area contributed by atoms with Crippen molar-refractivity contribution in [2.45, 2.75) is 45.6 Å². The number of anilines is 3. The first kappa shape index (κ1) is 24.3. The second kappa shape index (κ2) is 9.05. The fourth-order valence-corrected chi connectivity index (χ4v) is 6.09. The summed E-state index contributed by atoms with van der Waals surface area (Å²) >= 11 is 0. The molecule has 0 N–H and O–H groups in total. The van der Waals surface area contributed by atoms with Crippen LogP contribution in [-0.2, 0) is 14.9 Å². The van der Waals surface area contributed by atoms with Gasteiger partial charge in [0.2, 0.25) is 0 Å². The third kappa shape index (κ3) is 4.68. The summed E-state index contributed by atoms with van der Waals surface area (Å²) in [6, 6.07) is 10.1. The fraction of sp³-hybridized carbons (Fsp3) is 0.458. The number of benzene rings is 2. The van der Waals surface area contributed by atoms with Gasteiger partial charge in [-0.3, -0.25) is 4.31 Å². The van der Waals surface area contributed by atoms with Crippen LogP contribution in [0.1, 0.15) is 40.0 Å². The van der Waals surface area contributed by atoms with Gasteiger partial charge in [-0.2, -0.15) is 8.42 Å². The van der Waals surface area contributed by atoms with E-state index in [1.54, 1.807) is 29.2 Å². The molecule has 2 aromatic carbocycles. The Morgan fingerprint density at radius 2 is 1.62 bits per heavy atom. The monoisotopic (exact) mass is 493 g/mol. The van der Waals surface area contributed by atoms with E-state index in [0.29, 0.717) is 25.2 Å². The van der Waals surface area contributed by atoms with E-state index in [4.69, 9.17) is 4.74 Å². The first-order chi connectivity index (χ1) is 16.0. The van der Waals surface area contributed by atoms with Crippen LogP contribution < -0.4 is 8.61 Å². The molecule has 1 saturated heterocycles.